The Morgan fingerprint density at radius 2 is 2.13 bits per heavy atom. The highest BCUT2D eigenvalue weighted by Gasteiger charge is 2.10. The Bertz CT molecular complexity index is 652. The van der Waals surface area contributed by atoms with Crippen LogP contribution in [0.5, 0.6) is 5.75 Å². The number of nitrogens with zero attached hydrogens (tertiary/aromatic N) is 1. The molecule has 1 aromatic heterocycles. The van der Waals surface area contributed by atoms with E-state index >= 15 is 0 Å². The maximum absolute atomic E-state index is 10.5. The minimum absolute atomic E-state index is 0.154. The van der Waals surface area contributed by atoms with Gasteiger partial charge in [-0.25, -0.2) is 0 Å². The van der Waals surface area contributed by atoms with Crippen molar-refractivity contribution in [2.75, 3.05) is 13.7 Å². The zero-order chi connectivity index (χ0) is 16.5. The Labute approximate surface area is 139 Å². The van der Waals surface area contributed by atoms with Crippen molar-refractivity contribution in [3.63, 3.8) is 0 Å². The van der Waals surface area contributed by atoms with E-state index in [1.165, 1.54) is 0 Å². The number of methoxy groups -OCH3 is 1. The molecule has 0 aliphatic carbocycles. The third-order valence-electron chi connectivity index (χ3n) is 3.13. The van der Waals surface area contributed by atoms with Crippen LogP contribution in [0.1, 0.15) is 29.7 Å². The molecule has 0 atom stereocenters. The van der Waals surface area contributed by atoms with Crippen LogP contribution in [0, 0.1) is 0 Å². The van der Waals surface area contributed by atoms with Crippen LogP contribution >= 0.6 is 11.3 Å². The molecule has 2 aromatic rings. The van der Waals surface area contributed by atoms with Gasteiger partial charge in [-0.05, 0) is 36.4 Å². The highest BCUT2D eigenvalue weighted by Crippen LogP contribution is 2.20. The first kappa shape index (κ1) is 17.0. The molecule has 0 spiro atoms. The minimum atomic E-state index is -0.788. The van der Waals surface area contributed by atoms with Gasteiger partial charge in [-0.1, -0.05) is 23.4 Å². The van der Waals surface area contributed by atoms with Gasteiger partial charge in [-0.15, -0.1) is 11.3 Å². The van der Waals surface area contributed by atoms with Gasteiger partial charge >= 0.3 is 5.97 Å². The van der Waals surface area contributed by atoms with Crippen molar-refractivity contribution in [3.05, 3.63) is 52.2 Å². The van der Waals surface area contributed by atoms with Gasteiger partial charge < -0.3 is 14.7 Å². The molecule has 0 unspecified atom stereocenters. The number of thiophene rings is 1. The number of oxime groups is 1. The molecule has 0 radical (unpaired) electrons. The van der Waals surface area contributed by atoms with Crippen molar-refractivity contribution >= 4 is 23.0 Å². The number of unbranched alkanes of at least 4 members (excludes halogenated alkanes) is 1. The standard InChI is InChI=1S/C17H19NO4S/c1-21-14-7-4-6-13(12-14)17(15-8-5-11-23-15)18-22-10-3-2-9-16(19)20/h4-8,11-12H,2-3,9-10H2,1H3,(H,19,20)/b18-17-. The second kappa shape index (κ2) is 8.95. The topological polar surface area (TPSA) is 68.1 Å². The molecule has 2 rings (SSSR count). The van der Waals surface area contributed by atoms with Crippen molar-refractivity contribution in [1.29, 1.82) is 0 Å². The molecule has 0 bridgehead atoms. The molecule has 23 heavy (non-hydrogen) atoms. The third kappa shape index (κ3) is 5.41. The average Bonchev–Trinajstić information content (AvgIpc) is 3.08. The second-order valence-corrected chi connectivity index (χ2v) is 5.78. The van der Waals surface area contributed by atoms with Gasteiger partial charge in [0.2, 0.25) is 0 Å². The number of rotatable bonds is 9. The first-order valence-electron chi connectivity index (χ1n) is 7.31. The fourth-order valence-corrected chi connectivity index (χ4v) is 2.70. The molecule has 1 heterocycles. The van der Waals surface area contributed by atoms with Crippen molar-refractivity contribution in [3.8, 4) is 5.75 Å². The molecular formula is C17H19NO4S. The molecule has 0 fully saturated rings. The number of benzene rings is 1. The fraction of sp³-hybridized carbons (Fsp3) is 0.294. The summed E-state index contributed by atoms with van der Waals surface area (Å²) in [5.41, 5.74) is 1.66. The zero-order valence-corrected chi connectivity index (χ0v) is 13.7. The fourth-order valence-electron chi connectivity index (χ4n) is 1.98. The van der Waals surface area contributed by atoms with Crippen LogP contribution in [0.25, 0.3) is 0 Å². The monoisotopic (exact) mass is 333 g/mol. The normalized spacial score (nSPS) is 11.3. The van der Waals surface area contributed by atoms with Gasteiger partial charge in [0, 0.05) is 12.0 Å². The third-order valence-corrected chi connectivity index (χ3v) is 4.01. The van der Waals surface area contributed by atoms with Crippen LogP contribution in [-0.2, 0) is 9.63 Å². The van der Waals surface area contributed by atoms with Crippen molar-refractivity contribution < 1.29 is 19.5 Å². The Kier molecular flexibility index (Phi) is 6.62. The van der Waals surface area contributed by atoms with Crippen LogP contribution in [0.15, 0.2) is 46.9 Å². The van der Waals surface area contributed by atoms with Gasteiger partial charge in [0.1, 0.15) is 18.1 Å². The van der Waals surface area contributed by atoms with E-state index in [-0.39, 0.29) is 6.42 Å². The summed E-state index contributed by atoms with van der Waals surface area (Å²) in [6.07, 6.45) is 1.39. The largest absolute Gasteiger partial charge is 0.497 e. The second-order valence-electron chi connectivity index (χ2n) is 4.83. The van der Waals surface area contributed by atoms with E-state index in [4.69, 9.17) is 14.7 Å². The number of aliphatic carboxylic acids is 1. The molecular weight excluding hydrogens is 314 g/mol. The molecule has 5 nitrogen and oxygen atoms in total. The van der Waals surface area contributed by atoms with Crippen molar-refractivity contribution in [2.45, 2.75) is 19.3 Å². The van der Waals surface area contributed by atoms with Crippen LogP contribution in [0.4, 0.5) is 0 Å². The highest BCUT2D eigenvalue weighted by atomic mass is 32.1. The predicted octanol–water partition coefficient (Wildman–Crippen LogP) is 3.78. The lowest BCUT2D eigenvalue weighted by atomic mass is 10.1. The number of carbonyl (C=O) groups is 1. The molecule has 0 aliphatic rings. The number of carboxylic acids is 1. The zero-order valence-electron chi connectivity index (χ0n) is 12.9. The van der Waals surface area contributed by atoms with Gasteiger partial charge in [0.15, 0.2) is 0 Å². The summed E-state index contributed by atoms with van der Waals surface area (Å²) in [6.45, 7) is 0.395. The smallest absolute Gasteiger partial charge is 0.303 e. The summed E-state index contributed by atoms with van der Waals surface area (Å²) in [4.78, 5) is 16.9. The summed E-state index contributed by atoms with van der Waals surface area (Å²) in [5, 5.41) is 14.8. The summed E-state index contributed by atoms with van der Waals surface area (Å²) in [5.74, 6) is -0.0302. The Morgan fingerprint density at radius 1 is 1.26 bits per heavy atom. The maximum Gasteiger partial charge on any atom is 0.303 e. The van der Waals surface area contributed by atoms with E-state index in [0.29, 0.717) is 19.4 Å². The molecule has 0 amide bonds. The first-order valence-corrected chi connectivity index (χ1v) is 8.18. The van der Waals surface area contributed by atoms with E-state index in [9.17, 15) is 4.79 Å². The first-order chi connectivity index (χ1) is 11.2. The summed E-state index contributed by atoms with van der Waals surface area (Å²) in [6, 6.07) is 11.6. The molecule has 0 saturated heterocycles. The Morgan fingerprint density at radius 3 is 2.83 bits per heavy atom. The quantitative estimate of drug-likeness (QED) is 0.431. The summed E-state index contributed by atoms with van der Waals surface area (Å²) < 4.78 is 5.25. The van der Waals surface area contributed by atoms with E-state index in [0.717, 1.165) is 21.9 Å². The average molecular weight is 333 g/mol. The summed E-state index contributed by atoms with van der Waals surface area (Å²) in [7, 11) is 1.63. The van der Waals surface area contributed by atoms with Gasteiger partial charge in [-0.2, -0.15) is 0 Å². The number of hydrogen-bond acceptors (Lipinski definition) is 5. The lowest BCUT2D eigenvalue weighted by Gasteiger charge is -2.07. The van der Waals surface area contributed by atoms with Gasteiger partial charge in [0.25, 0.3) is 0 Å². The number of ether oxygens (including phenoxy) is 1. The lowest BCUT2D eigenvalue weighted by molar-refractivity contribution is -0.137. The minimum Gasteiger partial charge on any atom is -0.497 e. The Hall–Kier alpha value is -2.34. The van der Waals surface area contributed by atoms with Crippen LogP contribution in [0.2, 0.25) is 0 Å². The van der Waals surface area contributed by atoms with Crippen LogP contribution in [0.3, 0.4) is 0 Å². The molecule has 122 valence electrons. The van der Waals surface area contributed by atoms with Crippen LogP contribution < -0.4 is 4.74 Å². The predicted molar refractivity (Wildman–Crippen MR) is 90.4 cm³/mol. The molecule has 0 saturated carbocycles. The molecule has 1 aromatic carbocycles. The SMILES string of the molecule is COc1cccc(/C(=N/OCCCCC(=O)O)c2cccs2)c1. The number of carboxylic acid groups (broad SMARTS) is 1. The van der Waals surface area contributed by atoms with Crippen molar-refractivity contribution in [2.24, 2.45) is 5.16 Å². The maximum atomic E-state index is 10.5. The summed E-state index contributed by atoms with van der Waals surface area (Å²) >= 11 is 1.58. The Balaban J connectivity index is 2.06. The molecule has 6 heteroatoms. The van der Waals surface area contributed by atoms with E-state index in [2.05, 4.69) is 5.16 Å². The lowest BCUT2D eigenvalue weighted by Crippen LogP contribution is -2.04. The molecule has 0 aliphatic heterocycles. The molecule has 1 N–H and O–H groups in total. The van der Waals surface area contributed by atoms with E-state index in [1.54, 1.807) is 18.4 Å². The van der Waals surface area contributed by atoms with E-state index < -0.39 is 5.97 Å². The van der Waals surface area contributed by atoms with Gasteiger partial charge in [0.05, 0.1) is 12.0 Å². The van der Waals surface area contributed by atoms with Crippen LogP contribution in [-0.4, -0.2) is 30.5 Å². The highest BCUT2D eigenvalue weighted by molar-refractivity contribution is 7.12. The number of hydrogen-bond donors (Lipinski definition) is 1. The van der Waals surface area contributed by atoms with Crippen molar-refractivity contribution in [1.82, 2.24) is 0 Å². The van der Waals surface area contributed by atoms with E-state index in [1.807, 2.05) is 41.8 Å². The van der Waals surface area contributed by atoms with Gasteiger partial charge in [-0.3, -0.25) is 4.79 Å².